The van der Waals surface area contributed by atoms with Gasteiger partial charge in [-0.05, 0) is 38.5 Å². The molecule has 2 amide bonds. The molecule has 0 saturated heterocycles. The van der Waals surface area contributed by atoms with E-state index in [0.717, 1.165) is 0 Å². The summed E-state index contributed by atoms with van der Waals surface area (Å²) < 4.78 is 5.03. The summed E-state index contributed by atoms with van der Waals surface area (Å²) in [6, 6.07) is 6.59. The fourth-order valence-electron chi connectivity index (χ4n) is 1.71. The number of ether oxygens (including phenoxy) is 1. The molecule has 126 valence electrons. The summed E-state index contributed by atoms with van der Waals surface area (Å²) in [5, 5.41) is 14.1. The lowest BCUT2D eigenvalue weighted by atomic mass is 9.90. The summed E-state index contributed by atoms with van der Waals surface area (Å²) >= 11 is 0. The number of nitrogens with one attached hydrogen (secondary N) is 2. The highest BCUT2D eigenvalue weighted by Crippen LogP contribution is 2.19. The van der Waals surface area contributed by atoms with Gasteiger partial charge in [0.25, 0.3) is 5.91 Å². The van der Waals surface area contributed by atoms with Crippen LogP contribution in [0.1, 0.15) is 30.6 Å². The third-order valence-electron chi connectivity index (χ3n) is 3.39. The van der Waals surface area contributed by atoms with Crippen LogP contribution in [0.15, 0.2) is 24.3 Å². The van der Waals surface area contributed by atoms with Crippen LogP contribution in [0.2, 0.25) is 0 Å². The Morgan fingerprint density at radius 2 is 1.91 bits per heavy atom. The number of carbonyl (C=O) groups is 3. The van der Waals surface area contributed by atoms with Crippen LogP contribution in [0, 0.1) is 5.41 Å². The van der Waals surface area contributed by atoms with Crippen LogP contribution < -0.4 is 15.4 Å². The molecule has 0 radical (unpaired) electrons. The molecule has 0 bridgehead atoms. The van der Waals surface area contributed by atoms with Crippen LogP contribution in [-0.4, -0.2) is 43.1 Å². The van der Waals surface area contributed by atoms with Crippen molar-refractivity contribution in [3.63, 3.8) is 0 Å². The minimum atomic E-state index is -0.918. The van der Waals surface area contributed by atoms with E-state index in [2.05, 4.69) is 10.6 Å². The molecular weight excluding hydrogens is 300 g/mol. The predicted molar refractivity (Wildman–Crippen MR) is 84.4 cm³/mol. The van der Waals surface area contributed by atoms with E-state index in [4.69, 9.17) is 9.84 Å². The average molecular weight is 322 g/mol. The first-order valence-electron chi connectivity index (χ1n) is 7.18. The zero-order valence-corrected chi connectivity index (χ0v) is 13.5. The van der Waals surface area contributed by atoms with Crippen molar-refractivity contribution in [1.29, 1.82) is 0 Å². The summed E-state index contributed by atoms with van der Waals surface area (Å²) in [5.74, 6) is -1.12. The monoisotopic (exact) mass is 322 g/mol. The summed E-state index contributed by atoms with van der Waals surface area (Å²) in [4.78, 5) is 34.5. The Bertz CT molecular complexity index is 584. The molecule has 0 saturated carbocycles. The van der Waals surface area contributed by atoms with Crippen molar-refractivity contribution in [2.45, 2.75) is 20.3 Å². The molecular formula is C16H22N2O5. The van der Waals surface area contributed by atoms with Crippen LogP contribution in [0.3, 0.4) is 0 Å². The number of carboxylic acids is 1. The highest BCUT2D eigenvalue weighted by atomic mass is 16.5. The second kappa shape index (κ2) is 8.17. The quantitative estimate of drug-likeness (QED) is 0.663. The van der Waals surface area contributed by atoms with E-state index in [0.29, 0.717) is 17.7 Å². The van der Waals surface area contributed by atoms with Crippen molar-refractivity contribution in [3.8, 4) is 5.75 Å². The highest BCUT2D eigenvalue weighted by molar-refractivity contribution is 5.96. The molecule has 0 fully saturated rings. The van der Waals surface area contributed by atoms with Crippen molar-refractivity contribution in [1.82, 2.24) is 10.6 Å². The molecule has 7 heteroatoms. The molecule has 0 aliphatic heterocycles. The number of carbonyl (C=O) groups excluding carboxylic acids is 2. The van der Waals surface area contributed by atoms with Gasteiger partial charge in [0.05, 0.1) is 19.1 Å². The van der Waals surface area contributed by atoms with Gasteiger partial charge in [0.2, 0.25) is 5.91 Å². The first-order chi connectivity index (χ1) is 10.8. The van der Waals surface area contributed by atoms with Crippen LogP contribution >= 0.6 is 0 Å². The molecule has 0 aliphatic rings. The fourth-order valence-corrected chi connectivity index (χ4v) is 1.71. The van der Waals surface area contributed by atoms with Crippen LogP contribution in [0.5, 0.6) is 5.75 Å². The zero-order valence-electron chi connectivity index (χ0n) is 13.5. The number of rotatable bonds is 8. The third kappa shape index (κ3) is 5.98. The molecule has 0 unspecified atom stereocenters. The normalized spacial score (nSPS) is 10.7. The molecule has 3 N–H and O–H groups in total. The van der Waals surface area contributed by atoms with E-state index in [1.807, 2.05) is 0 Å². The van der Waals surface area contributed by atoms with Gasteiger partial charge in [-0.15, -0.1) is 0 Å². The Balaban J connectivity index is 2.38. The van der Waals surface area contributed by atoms with Crippen LogP contribution in [0.4, 0.5) is 0 Å². The van der Waals surface area contributed by atoms with Crippen LogP contribution in [-0.2, 0) is 9.59 Å². The lowest BCUT2D eigenvalue weighted by Crippen LogP contribution is -2.39. The Morgan fingerprint density at radius 1 is 1.22 bits per heavy atom. The minimum Gasteiger partial charge on any atom is -0.497 e. The molecule has 7 nitrogen and oxygen atoms in total. The number of aliphatic carboxylic acids is 1. The van der Waals surface area contributed by atoms with Crippen molar-refractivity contribution in [2.24, 2.45) is 5.41 Å². The maximum absolute atomic E-state index is 11.9. The average Bonchev–Trinajstić information content (AvgIpc) is 2.52. The molecule has 0 atom stereocenters. The first-order valence-corrected chi connectivity index (χ1v) is 7.18. The van der Waals surface area contributed by atoms with Gasteiger partial charge >= 0.3 is 5.97 Å². The standard InChI is InChI=1S/C16H22N2O5/c1-16(2,15(21)22)7-8-17-13(19)10-18-14(20)11-5-4-6-12(9-11)23-3/h4-6,9H,7-8,10H2,1-3H3,(H,17,19)(H,18,20)(H,21,22). The lowest BCUT2D eigenvalue weighted by molar-refractivity contribution is -0.147. The summed E-state index contributed by atoms with van der Waals surface area (Å²) in [6.45, 7) is 3.23. The molecule has 0 spiro atoms. The van der Waals surface area contributed by atoms with Crippen molar-refractivity contribution in [3.05, 3.63) is 29.8 Å². The molecule has 0 heterocycles. The minimum absolute atomic E-state index is 0.177. The Labute approximate surface area is 135 Å². The maximum atomic E-state index is 11.9. The molecule has 0 aliphatic carbocycles. The van der Waals surface area contributed by atoms with Gasteiger partial charge < -0.3 is 20.5 Å². The third-order valence-corrected chi connectivity index (χ3v) is 3.39. The van der Waals surface area contributed by atoms with E-state index in [9.17, 15) is 14.4 Å². The van der Waals surface area contributed by atoms with Gasteiger partial charge in [-0.3, -0.25) is 14.4 Å². The van der Waals surface area contributed by atoms with Crippen LogP contribution in [0.25, 0.3) is 0 Å². The number of carboxylic acid groups (broad SMARTS) is 1. The van der Waals surface area contributed by atoms with E-state index >= 15 is 0 Å². The number of methoxy groups -OCH3 is 1. The summed E-state index contributed by atoms with van der Waals surface area (Å²) in [7, 11) is 1.50. The zero-order chi connectivity index (χ0) is 17.5. The van der Waals surface area contributed by atoms with Crippen molar-refractivity contribution in [2.75, 3.05) is 20.2 Å². The SMILES string of the molecule is COc1cccc(C(=O)NCC(=O)NCCC(C)(C)C(=O)O)c1. The lowest BCUT2D eigenvalue weighted by Gasteiger charge is -2.18. The first kappa shape index (κ1) is 18.5. The Hall–Kier alpha value is -2.57. The molecule has 0 aromatic heterocycles. The van der Waals surface area contributed by atoms with E-state index < -0.39 is 11.4 Å². The highest BCUT2D eigenvalue weighted by Gasteiger charge is 2.26. The van der Waals surface area contributed by atoms with E-state index in [-0.39, 0.29) is 24.9 Å². The summed E-state index contributed by atoms with van der Waals surface area (Å²) in [6.07, 6.45) is 0.303. The van der Waals surface area contributed by atoms with Gasteiger partial charge in [0.15, 0.2) is 0 Å². The topological polar surface area (TPSA) is 105 Å². The van der Waals surface area contributed by atoms with Gasteiger partial charge in [-0.2, -0.15) is 0 Å². The fraction of sp³-hybridized carbons (Fsp3) is 0.438. The largest absolute Gasteiger partial charge is 0.497 e. The molecule has 1 aromatic rings. The van der Waals surface area contributed by atoms with E-state index in [1.54, 1.807) is 38.1 Å². The Kier molecular flexibility index (Phi) is 6.56. The number of hydrogen-bond acceptors (Lipinski definition) is 4. The van der Waals surface area contributed by atoms with E-state index in [1.165, 1.54) is 7.11 Å². The number of amides is 2. The van der Waals surface area contributed by atoms with Gasteiger partial charge in [-0.25, -0.2) is 0 Å². The second-order valence-corrected chi connectivity index (χ2v) is 5.70. The molecule has 23 heavy (non-hydrogen) atoms. The smallest absolute Gasteiger partial charge is 0.309 e. The number of hydrogen-bond donors (Lipinski definition) is 3. The summed E-state index contributed by atoms with van der Waals surface area (Å²) in [5.41, 5.74) is -0.513. The number of benzene rings is 1. The van der Waals surface area contributed by atoms with Gasteiger partial charge in [0, 0.05) is 12.1 Å². The Morgan fingerprint density at radius 3 is 2.52 bits per heavy atom. The molecule has 1 aromatic carbocycles. The van der Waals surface area contributed by atoms with Gasteiger partial charge in [0.1, 0.15) is 5.75 Å². The maximum Gasteiger partial charge on any atom is 0.309 e. The van der Waals surface area contributed by atoms with Crippen molar-refractivity contribution < 1.29 is 24.2 Å². The molecule has 1 rings (SSSR count). The van der Waals surface area contributed by atoms with Gasteiger partial charge in [-0.1, -0.05) is 6.07 Å². The second-order valence-electron chi connectivity index (χ2n) is 5.70. The predicted octanol–water partition coefficient (Wildman–Crippen LogP) is 1.04. The van der Waals surface area contributed by atoms with Crippen molar-refractivity contribution >= 4 is 17.8 Å².